The maximum absolute atomic E-state index is 8.93. The van der Waals surface area contributed by atoms with Gasteiger partial charge in [0.25, 0.3) is 0 Å². The van der Waals surface area contributed by atoms with Crippen molar-refractivity contribution in [3.8, 4) is 0 Å². The van der Waals surface area contributed by atoms with E-state index in [4.69, 9.17) is 29.5 Å². The highest BCUT2D eigenvalue weighted by Gasteiger charge is 2.04. The summed E-state index contributed by atoms with van der Waals surface area (Å²) >= 11 is 0. The van der Waals surface area contributed by atoms with Gasteiger partial charge in [-0.15, -0.1) is 0 Å². The molecule has 0 aromatic rings. The van der Waals surface area contributed by atoms with E-state index in [1.54, 1.807) is 0 Å². The Balaban J connectivity index is 3.42. The third kappa shape index (κ3) is 13.9. The van der Waals surface area contributed by atoms with E-state index in [-0.39, 0.29) is 19.8 Å². The molecule has 0 aliphatic carbocycles. The van der Waals surface area contributed by atoms with Crippen molar-refractivity contribution in [3.05, 3.63) is 0 Å². The standard InChI is InChI=1S/C12H27NO6/c14-4-1-13(2-7-17-9-5-15)3-8-18-11-12-19-10-6-16/h14-16H,1-12H2. The lowest BCUT2D eigenvalue weighted by atomic mass is 10.4. The monoisotopic (exact) mass is 281 g/mol. The lowest BCUT2D eigenvalue weighted by Gasteiger charge is -2.21. The molecule has 0 amide bonds. The van der Waals surface area contributed by atoms with Gasteiger partial charge in [-0.25, -0.2) is 0 Å². The van der Waals surface area contributed by atoms with Crippen molar-refractivity contribution in [1.82, 2.24) is 4.90 Å². The fourth-order valence-corrected chi connectivity index (χ4v) is 1.42. The maximum Gasteiger partial charge on any atom is 0.0701 e. The van der Waals surface area contributed by atoms with Gasteiger partial charge in [0.15, 0.2) is 0 Å². The summed E-state index contributed by atoms with van der Waals surface area (Å²) in [7, 11) is 0. The molecule has 0 aliphatic heterocycles. The normalized spacial score (nSPS) is 11.4. The highest BCUT2D eigenvalue weighted by molar-refractivity contribution is 4.56. The van der Waals surface area contributed by atoms with Gasteiger partial charge in [-0.1, -0.05) is 0 Å². The summed E-state index contributed by atoms with van der Waals surface area (Å²) < 4.78 is 15.6. The first-order valence-electron chi connectivity index (χ1n) is 6.63. The molecular formula is C12H27NO6. The summed E-state index contributed by atoms with van der Waals surface area (Å²) in [6.45, 7) is 4.86. The maximum atomic E-state index is 8.93. The van der Waals surface area contributed by atoms with E-state index < -0.39 is 0 Å². The van der Waals surface area contributed by atoms with Crippen LogP contribution in [0.1, 0.15) is 0 Å². The summed E-state index contributed by atoms with van der Waals surface area (Å²) in [6.07, 6.45) is 0. The zero-order valence-corrected chi connectivity index (χ0v) is 11.5. The van der Waals surface area contributed by atoms with E-state index in [9.17, 15) is 0 Å². The van der Waals surface area contributed by atoms with E-state index >= 15 is 0 Å². The SMILES string of the molecule is OCCOCCOCCN(CCO)CCOCCO. The average Bonchev–Trinajstić information content (AvgIpc) is 2.42. The van der Waals surface area contributed by atoms with Gasteiger partial charge in [0.2, 0.25) is 0 Å². The molecule has 0 bridgehead atoms. The van der Waals surface area contributed by atoms with Crippen molar-refractivity contribution in [2.75, 3.05) is 79.1 Å². The highest BCUT2D eigenvalue weighted by atomic mass is 16.5. The third-order valence-electron chi connectivity index (χ3n) is 2.36. The van der Waals surface area contributed by atoms with Gasteiger partial charge >= 0.3 is 0 Å². The zero-order valence-electron chi connectivity index (χ0n) is 11.5. The zero-order chi connectivity index (χ0) is 14.2. The van der Waals surface area contributed by atoms with Gasteiger partial charge in [0.1, 0.15) is 0 Å². The predicted molar refractivity (Wildman–Crippen MR) is 70.2 cm³/mol. The van der Waals surface area contributed by atoms with Crippen LogP contribution >= 0.6 is 0 Å². The van der Waals surface area contributed by atoms with Crippen LogP contribution in [0.2, 0.25) is 0 Å². The Morgan fingerprint density at radius 3 is 1.47 bits per heavy atom. The molecule has 0 saturated carbocycles. The number of aliphatic hydroxyl groups excluding tert-OH is 3. The second-order valence-electron chi connectivity index (χ2n) is 3.85. The molecule has 0 unspecified atom stereocenters. The number of hydrogen-bond donors (Lipinski definition) is 3. The smallest absolute Gasteiger partial charge is 0.0701 e. The molecule has 116 valence electrons. The van der Waals surface area contributed by atoms with Gasteiger partial charge < -0.3 is 29.5 Å². The summed E-state index contributed by atoms with van der Waals surface area (Å²) in [5.74, 6) is 0. The lowest BCUT2D eigenvalue weighted by Crippen LogP contribution is -2.33. The molecule has 0 aromatic carbocycles. The van der Waals surface area contributed by atoms with Crippen molar-refractivity contribution in [1.29, 1.82) is 0 Å². The Kier molecular flexibility index (Phi) is 15.5. The van der Waals surface area contributed by atoms with Crippen molar-refractivity contribution in [3.63, 3.8) is 0 Å². The Bertz CT molecular complexity index is 172. The van der Waals surface area contributed by atoms with Crippen molar-refractivity contribution < 1.29 is 29.5 Å². The second kappa shape index (κ2) is 15.8. The van der Waals surface area contributed by atoms with Crippen molar-refractivity contribution in [2.24, 2.45) is 0 Å². The molecule has 0 spiro atoms. The molecule has 0 saturated heterocycles. The van der Waals surface area contributed by atoms with E-state index in [0.717, 1.165) is 0 Å². The number of hydrogen-bond acceptors (Lipinski definition) is 7. The molecule has 0 rings (SSSR count). The molecule has 7 nitrogen and oxygen atoms in total. The molecule has 0 aromatic heterocycles. The van der Waals surface area contributed by atoms with Gasteiger partial charge in [-0.2, -0.15) is 0 Å². The van der Waals surface area contributed by atoms with E-state index in [1.165, 1.54) is 0 Å². The van der Waals surface area contributed by atoms with Gasteiger partial charge in [0.05, 0.1) is 59.5 Å². The van der Waals surface area contributed by atoms with Crippen molar-refractivity contribution >= 4 is 0 Å². The van der Waals surface area contributed by atoms with Crippen LogP contribution in [0.25, 0.3) is 0 Å². The molecule has 0 aliphatic rings. The highest BCUT2D eigenvalue weighted by Crippen LogP contribution is 1.90. The van der Waals surface area contributed by atoms with Crippen LogP contribution in [0.4, 0.5) is 0 Å². The van der Waals surface area contributed by atoms with Crippen LogP contribution in [0.5, 0.6) is 0 Å². The molecule has 0 atom stereocenters. The lowest BCUT2D eigenvalue weighted by molar-refractivity contribution is 0.0202. The van der Waals surface area contributed by atoms with Gasteiger partial charge in [-0.05, 0) is 0 Å². The average molecular weight is 281 g/mol. The molecule has 0 fully saturated rings. The van der Waals surface area contributed by atoms with E-state index in [1.807, 2.05) is 4.90 Å². The number of rotatable bonds is 15. The largest absolute Gasteiger partial charge is 0.395 e. The molecule has 0 radical (unpaired) electrons. The molecule has 19 heavy (non-hydrogen) atoms. The molecule has 0 heterocycles. The summed E-state index contributed by atoms with van der Waals surface area (Å²) in [5, 5.41) is 26.0. The first kappa shape index (κ1) is 18.7. The minimum absolute atomic E-state index is 0.0248. The molecule has 7 heteroatoms. The molecular weight excluding hydrogens is 254 g/mol. The minimum Gasteiger partial charge on any atom is -0.395 e. The Morgan fingerprint density at radius 1 is 0.526 bits per heavy atom. The van der Waals surface area contributed by atoms with E-state index in [2.05, 4.69) is 0 Å². The first-order valence-corrected chi connectivity index (χ1v) is 6.63. The van der Waals surface area contributed by atoms with Crippen molar-refractivity contribution in [2.45, 2.75) is 0 Å². The Labute approximate surface area is 114 Å². The predicted octanol–water partition coefficient (Wildman–Crippen LogP) is -1.68. The van der Waals surface area contributed by atoms with Gasteiger partial charge in [-0.3, -0.25) is 4.90 Å². The molecule has 3 N–H and O–H groups in total. The fourth-order valence-electron chi connectivity index (χ4n) is 1.42. The van der Waals surface area contributed by atoms with Crippen LogP contribution in [0.3, 0.4) is 0 Å². The topological polar surface area (TPSA) is 91.6 Å². The minimum atomic E-state index is 0.0248. The van der Waals surface area contributed by atoms with Crippen LogP contribution < -0.4 is 0 Å². The van der Waals surface area contributed by atoms with Crippen LogP contribution in [-0.4, -0.2) is 99.3 Å². The quantitative estimate of drug-likeness (QED) is 0.309. The fraction of sp³-hybridized carbons (Fsp3) is 1.00. The van der Waals surface area contributed by atoms with Gasteiger partial charge in [0, 0.05) is 19.6 Å². The Hall–Kier alpha value is -0.280. The first-order chi connectivity index (χ1) is 9.35. The second-order valence-corrected chi connectivity index (χ2v) is 3.85. The summed E-state index contributed by atoms with van der Waals surface area (Å²) in [4.78, 5) is 2.03. The summed E-state index contributed by atoms with van der Waals surface area (Å²) in [5.41, 5.74) is 0. The number of nitrogens with zero attached hydrogens (tertiary/aromatic N) is 1. The van der Waals surface area contributed by atoms with Crippen LogP contribution in [0, 0.1) is 0 Å². The summed E-state index contributed by atoms with van der Waals surface area (Å²) in [6, 6.07) is 0. The Morgan fingerprint density at radius 2 is 1.00 bits per heavy atom. The van der Waals surface area contributed by atoms with Crippen LogP contribution in [-0.2, 0) is 14.2 Å². The third-order valence-corrected chi connectivity index (χ3v) is 2.36. The number of ether oxygens (including phenoxy) is 3. The van der Waals surface area contributed by atoms with Crippen LogP contribution in [0.15, 0.2) is 0 Å². The number of aliphatic hydroxyl groups is 3. The van der Waals surface area contributed by atoms with E-state index in [0.29, 0.717) is 59.3 Å².